The van der Waals surface area contributed by atoms with Crippen molar-refractivity contribution >= 4 is 29.1 Å². The van der Waals surface area contributed by atoms with E-state index in [4.69, 9.17) is 11.6 Å². The van der Waals surface area contributed by atoms with E-state index in [1.807, 2.05) is 6.92 Å². The van der Waals surface area contributed by atoms with Crippen molar-refractivity contribution in [1.29, 1.82) is 0 Å². The number of carbonyl (C=O) groups is 2. The Bertz CT molecular complexity index is 1020. The predicted molar refractivity (Wildman–Crippen MR) is 120 cm³/mol. The molecule has 1 heterocycles. The molecule has 1 aromatic heterocycles. The summed E-state index contributed by atoms with van der Waals surface area (Å²) in [7, 11) is 0. The fourth-order valence-electron chi connectivity index (χ4n) is 4.15. The van der Waals surface area contributed by atoms with Crippen molar-refractivity contribution in [1.82, 2.24) is 15.3 Å². The van der Waals surface area contributed by atoms with Gasteiger partial charge in [0.25, 0.3) is 17.4 Å². The number of nitrogens with zero attached hydrogens (tertiary/aromatic N) is 3. The highest BCUT2D eigenvalue weighted by atomic mass is 35.5. The van der Waals surface area contributed by atoms with Crippen LogP contribution in [0, 0.1) is 6.92 Å². The molecular weight excluding hydrogens is 492 g/mol. The summed E-state index contributed by atoms with van der Waals surface area (Å²) < 4.78 is 55.8. The number of amides is 2. The van der Waals surface area contributed by atoms with Crippen LogP contribution in [0.3, 0.4) is 0 Å². The molecule has 1 N–H and O–H groups in total. The number of rotatable bonds is 7. The first-order valence-electron chi connectivity index (χ1n) is 10.9. The molecule has 12 heteroatoms. The minimum absolute atomic E-state index is 0.0878. The van der Waals surface area contributed by atoms with Gasteiger partial charge in [-0.15, -0.1) is 13.2 Å². The molecule has 1 aliphatic rings. The van der Waals surface area contributed by atoms with Gasteiger partial charge < -0.3 is 5.32 Å². The Morgan fingerprint density at radius 2 is 1.69 bits per heavy atom. The highest BCUT2D eigenvalue weighted by molar-refractivity contribution is 6.32. The van der Waals surface area contributed by atoms with Crippen LogP contribution in [0.1, 0.15) is 43.7 Å². The van der Waals surface area contributed by atoms with Gasteiger partial charge in [-0.25, -0.2) is 14.4 Å². The Hall–Kier alpha value is -2.79. The van der Waals surface area contributed by atoms with Gasteiger partial charge in [-0.3, -0.25) is 19.2 Å². The maximum Gasteiger partial charge on any atom is 0.522 e. The Balaban J connectivity index is 1.93. The van der Waals surface area contributed by atoms with E-state index in [1.165, 1.54) is 25.6 Å². The monoisotopic (exact) mass is 516 g/mol. The summed E-state index contributed by atoms with van der Waals surface area (Å²) in [6, 6.07) is 6.02. The van der Waals surface area contributed by atoms with Crippen molar-refractivity contribution in [3.8, 4) is 0 Å². The SMILES string of the molecule is Cc1ccc(N(C(=O)[C@H](F)Cl)[C@](C)(C(=O)N[C@H]2CC[C@H](OC(F)(F)F)CC2)c2cncnc2)cc1. The largest absolute Gasteiger partial charge is 0.522 e. The standard InChI is InChI=1S/C23H25ClF4N4O3/c1-14-3-7-17(8-4-14)32(20(33)19(24)25)22(2,15-11-29-13-30-12-15)21(34)31-16-5-9-18(10-6-16)35-23(26,27)28/h3-4,7-8,11-13,16,18-19H,5-6,9-10H2,1-2H3,(H,31,34)/t16-,18-,19-,22-/m0/s1. The fraction of sp³-hybridized carbons (Fsp3) is 0.478. The van der Waals surface area contributed by atoms with E-state index in [0.29, 0.717) is 0 Å². The molecule has 1 saturated carbocycles. The van der Waals surface area contributed by atoms with Crippen LogP contribution in [0.15, 0.2) is 43.0 Å². The minimum atomic E-state index is -4.73. The molecule has 0 unspecified atom stereocenters. The molecular formula is C23H25ClF4N4O3. The fourth-order valence-corrected chi connectivity index (χ4v) is 4.25. The van der Waals surface area contributed by atoms with Gasteiger partial charge >= 0.3 is 6.36 Å². The number of halogens is 5. The van der Waals surface area contributed by atoms with Gasteiger partial charge in [-0.1, -0.05) is 29.3 Å². The molecule has 1 aromatic carbocycles. The first-order valence-corrected chi connectivity index (χ1v) is 11.4. The third kappa shape index (κ3) is 6.46. The van der Waals surface area contributed by atoms with Gasteiger partial charge in [0.05, 0.1) is 6.10 Å². The number of aryl methyl sites for hydroxylation is 1. The Morgan fingerprint density at radius 3 is 2.20 bits per heavy atom. The average Bonchev–Trinajstić information content (AvgIpc) is 2.81. The molecule has 2 aromatic rings. The molecule has 0 aliphatic heterocycles. The Kier molecular flexibility index (Phi) is 8.32. The number of anilines is 1. The van der Waals surface area contributed by atoms with Crippen LogP contribution in [0.4, 0.5) is 23.2 Å². The van der Waals surface area contributed by atoms with E-state index in [0.717, 1.165) is 10.5 Å². The van der Waals surface area contributed by atoms with Crippen molar-refractivity contribution in [3.05, 3.63) is 54.1 Å². The summed E-state index contributed by atoms with van der Waals surface area (Å²) in [5.74, 6) is -1.85. The van der Waals surface area contributed by atoms with Crippen LogP contribution < -0.4 is 10.2 Å². The van der Waals surface area contributed by atoms with E-state index in [9.17, 15) is 27.2 Å². The van der Waals surface area contributed by atoms with Crippen LogP contribution in [0.5, 0.6) is 0 Å². The third-order valence-corrected chi connectivity index (χ3v) is 6.21. The molecule has 7 nitrogen and oxygen atoms in total. The molecule has 35 heavy (non-hydrogen) atoms. The highest BCUT2D eigenvalue weighted by Gasteiger charge is 2.48. The zero-order chi connectivity index (χ0) is 25.8. The number of aromatic nitrogens is 2. The van der Waals surface area contributed by atoms with E-state index >= 15 is 0 Å². The Labute approximate surface area is 204 Å². The highest BCUT2D eigenvalue weighted by Crippen LogP contribution is 2.36. The van der Waals surface area contributed by atoms with Crippen LogP contribution >= 0.6 is 11.6 Å². The second-order valence-electron chi connectivity index (χ2n) is 8.52. The molecule has 1 fully saturated rings. The smallest absolute Gasteiger partial charge is 0.351 e. The van der Waals surface area contributed by atoms with Crippen molar-refractivity contribution in [2.24, 2.45) is 0 Å². The molecule has 190 valence electrons. The van der Waals surface area contributed by atoms with Gasteiger partial charge in [0, 0.05) is 29.7 Å². The molecule has 0 radical (unpaired) electrons. The van der Waals surface area contributed by atoms with Gasteiger partial charge in [0.1, 0.15) is 6.33 Å². The molecule has 0 bridgehead atoms. The molecule has 0 spiro atoms. The molecule has 2 amide bonds. The lowest BCUT2D eigenvalue weighted by molar-refractivity contribution is -0.345. The first-order chi connectivity index (χ1) is 16.4. The van der Waals surface area contributed by atoms with E-state index in [-0.39, 0.29) is 36.9 Å². The maximum atomic E-state index is 14.2. The normalized spacial score (nSPS) is 21.0. The van der Waals surface area contributed by atoms with Crippen LogP contribution in [-0.2, 0) is 19.9 Å². The van der Waals surface area contributed by atoms with Crippen molar-refractivity contribution in [2.75, 3.05) is 4.90 Å². The maximum absolute atomic E-state index is 14.2. The Morgan fingerprint density at radius 1 is 1.11 bits per heavy atom. The zero-order valence-electron chi connectivity index (χ0n) is 19.1. The van der Waals surface area contributed by atoms with E-state index < -0.39 is 41.5 Å². The van der Waals surface area contributed by atoms with Crippen molar-refractivity contribution < 1.29 is 31.9 Å². The second kappa shape index (κ2) is 10.9. The van der Waals surface area contributed by atoms with Crippen LogP contribution in [-0.4, -0.2) is 45.9 Å². The van der Waals surface area contributed by atoms with Crippen molar-refractivity contribution in [2.45, 2.75) is 69.2 Å². The van der Waals surface area contributed by atoms with Gasteiger partial charge in [-0.2, -0.15) is 0 Å². The first kappa shape index (κ1) is 26.8. The molecule has 3 rings (SSSR count). The topological polar surface area (TPSA) is 84.4 Å². The lowest BCUT2D eigenvalue weighted by atomic mass is 9.87. The summed E-state index contributed by atoms with van der Waals surface area (Å²) in [6.45, 7) is 3.24. The number of hydrogen-bond donors (Lipinski definition) is 1. The minimum Gasteiger partial charge on any atom is -0.351 e. The summed E-state index contributed by atoms with van der Waals surface area (Å²) >= 11 is 5.54. The predicted octanol–water partition coefficient (Wildman–Crippen LogP) is 4.53. The summed E-state index contributed by atoms with van der Waals surface area (Å²) in [5, 5.41) is 2.81. The number of carbonyl (C=O) groups excluding carboxylic acids is 2. The number of alkyl halides is 5. The second-order valence-corrected chi connectivity index (χ2v) is 8.90. The van der Waals surface area contributed by atoms with Crippen molar-refractivity contribution in [3.63, 3.8) is 0 Å². The quantitative estimate of drug-likeness (QED) is 0.432. The summed E-state index contributed by atoms with van der Waals surface area (Å²) in [4.78, 5) is 35.5. The number of benzene rings is 1. The average molecular weight is 517 g/mol. The zero-order valence-corrected chi connectivity index (χ0v) is 19.8. The summed E-state index contributed by atoms with van der Waals surface area (Å²) in [5.41, 5.74) is -2.99. The third-order valence-electron chi connectivity index (χ3n) is 6.02. The van der Waals surface area contributed by atoms with Gasteiger partial charge in [0.15, 0.2) is 5.54 Å². The summed E-state index contributed by atoms with van der Waals surface area (Å²) in [6.07, 6.45) is -1.19. The molecule has 0 saturated heterocycles. The number of hydrogen-bond acceptors (Lipinski definition) is 5. The lowest BCUT2D eigenvalue weighted by Gasteiger charge is -2.41. The van der Waals surface area contributed by atoms with E-state index in [1.54, 1.807) is 24.3 Å². The van der Waals surface area contributed by atoms with E-state index in [2.05, 4.69) is 20.0 Å². The van der Waals surface area contributed by atoms with Gasteiger partial charge in [-0.05, 0) is 51.7 Å². The lowest BCUT2D eigenvalue weighted by Crippen LogP contribution is -2.60. The van der Waals surface area contributed by atoms with Crippen LogP contribution in [0.2, 0.25) is 0 Å². The number of ether oxygens (including phenoxy) is 1. The number of nitrogens with one attached hydrogen (secondary N) is 1. The van der Waals surface area contributed by atoms with Gasteiger partial charge in [0.2, 0.25) is 0 Å². The van der Waals surface area contributed by atoms with Crippen LogP contribution in [0.25, 0.3) is 0 Å². The molecule has 1 aliphatic carbocycles. The molecule has 2 atom stereocenters.